The van der Waals surface area contributed by atoms with E-state index in [0.717, 1.165) is 16.9 Å². The number of hydrogen-bond donors (Lipinski definition) is 1. The zero-order valence-electron chi connectivity index (χ0n) is 14.9. The number of halogens is 1. The topological polar surface area (TPSA) is 71.1 Å². The molecule has 27 heavy (non-hydrogen) atoms. The summed E-state index contributed by atoms with van der Waals surface area (Å²) in [6, 6.07) is 9.05. The lowest BCUT2D eigenvalue weighted by Gasteiger charge is -2.17. The molecule has 1 aromatic carbocycles. The second-order valence-corrected chi connectivity index (χ2v) is 6.55. The highest BCUT2D eigenvalue weighted by atomic mass is 19.1. The number of amides is 1. The summed E-state index contributed by atoms with van der Waals surface area (Å²) in [6.07, 6.45) is 6.09. The molecule has 0 aliphatic carbocycles. The first kappa shape index (κ1) is 17.2. The molecule has 0 radical (unpaired) electrons. The first-order chi connectivity index (χ1) is 13.2. The van der Waals surface area contributed by atoms with Crippen molar-refractivity contribution >= 4 is 11.7 Å². The molecule has 0 spiro atoms. The van der Waals surface area contributed by atoms with E-state index in [1.807, 2.05) is 24.3 Å². The average molecular weight is 366 g/mol. The lowest BCUT2D eigenvalue weighted by molar-refractivity contribution is -0.120. The zero-order valence-corrected chi connectivity index (χ0v) is 14.9. The Kier molecular flexibility index (Phi) is 4.58. The van der Waals surface area contributed by atoms with Crippen molar-refractivity contribution in [3.8, 4) is 16.9 Å². The summed E-state index contributed by atoms with van der Waals surface area (Å²) < 4.78 is 19.8. The van der Waals surface area contributed by atoms with Crippen LogP contribution in [0.3, 0.4) is 0 Å². The fourth-order valence-electron chi connectivity index (χ4n) is 3.42. The molecule has 3 heterocycles. The second kappa shape index (κ2) is 7.19. The maximum Gasteiger partial charge on any atom is 0.231 e. The largest absolute Gasteiger partial charge is 0.497 e. The number of hydrogen-bond acceptors (Lipinski definition) is 4. The van der Waals surface area contributed by atoms with Gasteiger partial charge in [-0.05, 0) is 36.6 Å². The van der Waals surface area contributed by atoms with Gasteiger partial charge in [0.1, 0.15) is 5.75 Å². The van der Waals surface area contributed by atoms with Crippen molar-refractivity contribution in [2.45, 2.75) is 12.8 Å². The van der Waals surface area contributed by atoms with Gasteiger partial charge in [-0.15, -0.1) is 0 Å². The lowest BCUT2D eigenvalue weighted by atomic mass is 9.98. The molecule has 1 amide bonds. The Morgan fingerprint density at radius 2 is 2.19 bits per heavy atom. The summed E-state index contributed by atoms with van der Waals surface area (Å²) in [5.41, 5.74) is 2.39. The van der Waals surface area contributed by atoms with Crippen molar-refractivity contribution in [3.63, 3.8) is 0 Å². The van der Waals surface area contributed by atoms with Crippen LogP contribution in [-0.2, 0) is 11.2 Å². The molecule has 1 unspecified atom stereocenters. The third-order valence-corrected chi connectivity index (χ3v) is 4.84. The van der Waals surface area contributed by atoms with Crippen molar-refractivity contribution in [2.24, 2.45) is 5.92 Å². The third-order valence-electron chi connectivity index (χ3n) is 4.84. The molecule has 1 saturated heterocycles. The van der Waals surface area contributed by atoms with Gasteiger partial charge >= 0.3 is 0 Å². The van der Waals surface area contributed by atoms with E-state index >= 15 is 0 Å². The molecule has 0 bridgehead atoms. The molecule has 7 heteroatoms. The van der Waals surface area contributed by atoms with Crippen LogP contribution in [0.4, 0.5) is 10.2 Å². The first-order valence-corrected chi connectivity index (χ1v) is 8.74. The standard InChI is InChI=1S/C20H19FN4O2/c1-27-17-4-2-3-13(8-17)7-14-5-6-25(20(14)26)19-18(21)9-15(10-22-19)16-11-23-24-12-16/h2-4,8-12,14H,5-7H2,1H3,(H,23,24). The summed E-state index contributed by atoms with van der Waals surface area (Å²) in [5, 5.41) is 6.54. The van der Waals surface area contributed by atoms with E-state index in [2.05, 4.69) is 15.2 Å². The van der Waals surface area contributed by atoms with Crippen LogP contribution in [-0.4, -0.2) is 34.7 Å². The Balaban J connectivity index is 1.51. The highest BCUT2D eigenvalue weighted by Crippen LogP contribution is 2.30. The molecule has 1 aliphatic rings. The summed E-state index contributed by atoms with van der Waals surface area (Å²) in [4.78, 5) is 18.5. The molecule has 0 saturated carbocycles. The highest BCUT2D eigenvalue weighted by Gasteiger charge is 2.34. The number of H-pyrrole nitrogens is 1. The van der Waals surface area contributed by atoms with Gasteiger partial charge in [-0.25, -0.2) is 9.37 Å². The zero-order chi connectivity index (χ0) is 18.8. The Bertz CT molecular complexity index is 958. The van der Waals surface area contributed by atoms with Gasteiger partial charge in [0, 0.05) is 36.0 Å². The number of carbonyl (C=O) groups is 1. The maximum absolute atomic E-state index is 14.6. The van der Waals surface area contributed by atoms with Gasteiger partial charge in [0.2, 0.25) is 5.91 Å². The monoisotopic (exact) mass is 366 g/mol. The van der Waals surface area contributed by atoms with Crippen molar-refractivity contribution in [1.82, 2.24) is 15.2 Å². The molecule has 4 rings (SSSR count). The predicted molar refractivity (Wildman–Crippen MR) is 98.9 cm³/mol. The van der Waals surface area contributed by atoms with E-state index in [1.54, 1.807) is 25.7 Å². The number of rotatable bonds is 5. The fraction of sp³-hybridized carbons (Fsp3) is 0.250. The number of anilines is 1. The van der Waals surface area contributed by atoms with Gasteiger partial charge in [-0.1, -0.05) is 12.1 Å². The van der Waals surface area contributed by atoms with Crippen molar-refractivity contribution < 1.29 is 13.9 Å². The summed E-state index contributed by atoms with van der Waals surface area (Å²) in [5.74, 6) is 0.0500. The van der Waals surface area contributed by atoms with E-state index in [0.29, 0.717) is 24.9 Å². The van der Waals surface area contributed by atoms with E-state index in [4.69, 9.17) is 4.74 Å². The molecule has 3 aromatic rings. The first-order valence-electron chi connectivity index (χ1n) is 8.74. The fourth-order valence-corrected chi connectivity index (χ4v) is 3.42. The second-order valence-electron chi connectivity index (χ2n) is 6.55. The van der Waals surface area contributed by atoms with E-state index in [-0.39, 0.29) is 17.6 Å². The summed E-state index contributed by atoms with van der Waals surface area (Å²) in [6.45, 7) is 0.461. The van der Waals surface area contributed by atoms with E-state index in [1.165, 1.54) is 11.0 Å². The van der Waals surface area contributed by atoms with Crippen LogP contribution < -0.4 is 9.64 Å². The maximum atomic E-state index is 14.6. The minimum absolute atomic E-state index is 0.0837. The predicted octanol–water partition coefficient (Wildman–Crippen LogP) is 3.22. The number of methoxy groups -OCH3 is 1. The molecule has 138 valence electrons. The number of nitrogens with one attached hydrogen (secondary N) is 1. The Morgan fingerprint density at radius 1 is 1.30 bits per heavy atom. The van der Waals surface area contributed by atoms with Gasteiger partial charge in [0.15, 0.2) is 11.6 Å². The molecule has 1 atom stereocenters. The number of aromatic amines is 1. The highest BCUT2D eigenvalue weighted by molar-refractivity contribution is 5.96. The number of aromatic nitrogens is 3. The van der Waals surface area contributed by atoms with Gasteiger partial charge in [-0.3, -0.25) is 14.8 Å². The summed E-state index contributed by atoms with van der Waals surface area (Å²) >= 11 is 0. The molecular weight excluding hydrogens is 347 g/mol. The third kappa shape index (κ3) is 3.40. The van der Waals surface area contributed by atoms with Gasteiger partial charge < -0.3 is 4.74 Å². The van der Waals surface area contributed by atoms with Gasteiger partial charge in [0.05, 0.1) is 13.3 Å². The molecular formula is C20H19FN4O2. The number of ether oxygens (including phenoxy) is 1. The summed E-state index contributed by atoms with van der Waals surface area (Å²) in [7, 11) is 1.61. The molecule has 6 nitrogen and oxygen atoms in total. The van der Waals surface area contributed by atoms with Crippen LogP contribution in [0.1, 0.15) is 12.0 Å². The SMILES string of the molecule is COc1cccc(CC2CCN(c3ncc(-c4cn[nH]c4)cc3F)C2=O)c1. The minimum atomic E-state index is -0.510. The van der Waals surface area contributed by atoms with Crippen LogP contribution in [0.15, 0.2) is 48.9 Å². The van der Waals surface area contributed by atoms with Crippen LogP contribution in [0.5, 0.6) is 5.75 Å². The number of carbonyl (C=O) groups excluding carboxylic acids is 1. The lowest BCUT2D eigenvalue weighted by Crippen LogP contribution is -2.29. The quantitative estimate of drug-likeness (QED) is 0.753. The van der Waals surface area contributed by atoms with Gasteiger partial charge in [0.25, 0.3) is 0 Å². The van der Waals surface area contributed by atoms with Crippen molar-refractivity contribution in [1.29, 1.82) is 0 Å². The van der Waals surface area contributed by atoms with Gasteiger partial charge in [-0.2, -0.15) is 5.10 Å². The smallest absolute Gasteiger partial charge is 0.231 e. The van der Waals surface area contributed by atoms with Crippen LogP contribution >= 0.6 is 0 Å². The Morgan fingerprint density at radius 3 is 2.93 bits per heavy atom. The average Bonchev–Trinajstić information content (AvgIpc) is 3.33. The number of nitrogens with zero attached hydrogens (tertiary/aromatic N) is 3. The molecule has 1 aliphatic heterocycles. The molecule has 1 fully saturated rings. The molecule has 1 N–H and O–H groups in total. The van der Waals surface area contributed by atoms with E-state index in [9.17, 15) is 9.18 Å². The van der Waals surface area contributed by atoms with Crippen LogP contribution in [0.2, 0.25) is 0 Å². The van der Waals surface area contributed by atoms with Crippen LogP contribution in [0, 0.1) is 11.7 Å². The van der Waals surface area contributed by atoms with Crippen molar-refractivity contribution in [2.75, 3.05) is 18.6 Å². The Labute approximate surface area is 156 Å². The van der Waals surface area contributed by atoms with E-state index < -0.39 is 5.82 Å². The number of benzene rings is 1. The van der Waals surface area contributed by atoms with Crippen molar-refractivity contribution in [3.05, 3.63) is 60.3 Å². The number of pyridine rings is 1. The normalized spacial score (nSPS) is 16.7. The Hall–Kier alpha value is -3.22. The molecule has 2 aromatic heterocycles. The van der Waals surface area contributed by atoms with Crippen LogP contribution in [0.25, 0.3) is 11.1 Å². The minimum Gasteiger partial charge on any atom is -0.497 e.